The summed E-state index contributed by atoms with van der Waals surface area (Å²) in [7, 11) is 0. The first-order valence-electron chi connectivity index (χ1n) is 6.65. The summed E-state index contributed by atoms with van der Waals surface area (Å²) in [6.07, 6.45) is 1.56. The molecule has 0 amide bonds. The lowest BCUT2D eigenvalue weighted by atomic mass is 10.1. The van der Waals surface area contributed by atoms with Crippen molar-refractivity contribution in [2.24, 2.45) is 0 Å². The van der Waals surface area contributed by atoms with Crippen LogP contribution in [-0.2, 0) is 6.54 Å². The molecule has 0 saturated carbocycles. The molecule has 24 heavy (non-hydrogen) atoms. The highest BCUT2D eigenvalue weighted by Gasteiger charge is 2.28. The number of nitrogens with zero attached hydrogens (tertiary/aromatic N) is 5. The molecule has 6 nitrogen and oxygen atoms in total. The first-order chi connectivity index (χ1) is 11.3. The first-order valence-corrected chi connectivity index (χ1v) is 6.65. The lowest BCUT2D eigenvalue weighted by Crippen LogP contribution is -2.17. The minimum absolute atomic E-state index is 0.107. The highest BCUT2D eigenvalue weighted by molar-refractivity contribution is 5.67. The van der Waals surface area contributed by atoms with Gasteiger partial charge in [-0.25, -0.2) is 9.37 Å². The van der Waals surface area contributed by atoms with Crippen molar-refractivity contribution >= 4 is 5.82 Å². The van der Waals surface area contributed by atoms with Gasteiger partial charge in [0.25, 0.3) is 0 Å². The van der Waals surface area contributed by atoms with E-state index in [1.807, 2.05) is 0 Å². The Bertz CT molecular complexity index is 856. The quantitative estimate of drug-likeness (QED) is 0.743. The van der Waals surface area contributed by atoms with E-state index in [4.69, 9.17) is 5.73 Å². The maximum atomic E-state index is 14.0. The van der Waals surface area contributed by atoms with Crippen LogP contribution in [0.2, 0.25) is 0 Å². The summed E-state index contributed by atoms with van der Waals surface area (Å²) in [5.41, 5.74) is 6.36. The Morgan fingerprint density at radius 2 is 1.75 bits per heavy atom. The zero-order valence-corrected chi connectivity index (χ0v) is 12.0. The summed E-state index contributed by atoms with van der Waals surface area (Å²) in [4.78, 5) is 11.7. The Balaban J connectivity index is 1.95. The second-order valence-corrected chi connectivity index (χ2v) is 4.92. The Labute approximate surface area is 133 Å². The topological polar surface area (TPSA) is 82.5 Å². The van der Waals surface area contributed by atoms with Gasteiger partial charge in [0, 0.05) is 17.3 Å². The van der Waals surface area contributed by atoms with Crippen LogP contribution in [0.3, 0.4) is 0 Å². The number of nitrogen functional groups attached to an aromatic ring is 1. The van der Waals surface area contributed by atoms with Gasteiger partial charge in [-0.2, -0.15) is 18.3 Å². The number of anilines is 1. The van der Waals surface area contributed by atoms with E-state index in [0.717, 1.165) is 10.9 Å². The normalized spacial score (nSPS) is 11.7. The zero-order chi connectivity index (χ0) is 17.3. The van der Waals surface area contributed by atoms with E-state index in [9.17, 15) is 17.6 Å². The zero-order valence-electron chi connectivity index (χ0n) is 12.0. The summed E-state index contributed by atoms with van der Waals surface area (Å²) in [6, 6.07) is 1.37. The molecule has 0 saturated heterocycles. The molecule has 0 radical (unpaired) electrons. The number of pyridine rings is 1. The Morgan fingerprint density at radius 3 is 2.42 bits per heavy atom. The molecule has 0 spiro atoms. The molecule has 0 bridgehead atoms. The SMILES string of the molecule is Nc1cnc(-c2cc(-c3cnn(CC(F)(F)F)c3)ncc2F)cn1. The van der Waals surface area contributed by atoms with Crippen molar-refractivity contribution in [1.29, 1.82) is 0 Å². The predicted molar refractivity (Wildman–Crippen MR) is 76.9 cm³/mol. The molecule has 124 valence electrons. The average molecular weight is 338 g/mol. The van der Waals surface area contributed by atoms with E-state index in [-0.39, 0.29) is 22.8 Å². The lowest BCUT2D eigenvalue weighted by molar-refractivity contribution is -0.142. The maximum Gasteiger partial charge on any atom is 0.408 e. The van der Waals surface area contributed by atoms with Gasteiger partial charge in [-0.1, -0.05) is 0 Å². The van der Waals surface area contributed by atoms with Crippen molar-refractivity contribution in [2.45, 2.75) is 12.7 Å². The molecular weight excluding hydrogens is 328 g/mol. The number of halogens is 4. The first kappa shape index (κ1) is 15.8. The molecule has 0 unspecified atom stereocenters. The minimum Gasteiger partial charge on any atom is -0.382 e. The second-order valence-electron chi connectivity index (χ2n) is 4.92. The van der Waals surface area contributed by atoms with Gasteiger partial charge < -0.3 is 5.73 Å². The van der Waals surface area contributed by atoms with Gasteiger partial charge in [-0.05, 0) is 6.07 Å². The van der Waals surface area contributed by atoms with Crippen LogP contribution < -0.4 is 5.73 Å². The summed E-state index contributed by atoms with van der Waals surface area (Å²) < 4.78 is 51.8. The Kier molecular flexibility index (Phi) is 3.87. The summed E-state index contributed by atoms with van der Waals surface area (Å²) in [5, 5.41) is 3.63. The van der Waals surface area contributed by atoms with Crippen LogP contribution >= 0.6 is 0 Å². The fourth-order valence-electron chi connectivity index (χ4n) is 2.04. The van der Waals surface area contributed by atoms with Crippen molar-refractivity contribution in [1.82, 2.24) is 24.7 Å². The second kappa shape index (κ2) is 5.87. The van der Waals surface area contributed by atoms with Crippen molar-refractivity contribution in [3.05, 3.63) is 42.9 Å². The third-order valence-electron chi connectivity index (χ3n) is 3.07. The van der Waals surface area contributed by atoms with Crippen molar-refractivity contribution in [3.8, 4) is 22.5 Å². The largest absolute Gasteiger partial charge is 0.408 e. The van der Waals surface area contributed by atoms with Crippen molar-refractivity contribution in [2.75, 3.05) is 5.73 Å². The molecule has 3 aromatic rings. The van der Waals surface area contributed by atoms with E-state index in [1.165, 1.54) is 30.9 Å². The number of nitrogens with two attached hydrogens (primary N) is 1. The molecule has 3 rings (SSSR count). The van der Waals surface area contributed by atoms with Crippen LogP contribution in [0.25, 0.3) is 22.5 Å². The van der Waals surface area contributed by atoms with Gasteiger partial charge in [-0.15, -0.1) is 0 Å². The number of hydrogen-bond acceptors (Lipinski definition) is 5. The van der Waals surface area contributed by atoms with Gasteiger partial charge in [0.05, 0.1) is 36.2 Å². The third-order valence-corrected chi connectivity index (χ3v) is 3.07. The molecule has 3 heterocycles. The number of aromatic nitrogens is 5. The van der Waals surface area contributed by atoms with Gasteiger partial charge in [0.2, 0.25) is 0 Å². The predicted octanol–water partition coefficient (Wildman–Crippen LogP) is 2.69. The van der Waals surface area contributed by atoms with Gasteiger partial charge >= 0.3 is 6.18 Å². The average Bonchev–Trinajstić information content (AvgIpc) is 2.95. The Hall–Kier alpha value is -3.04. The van der Waals surface area contributed by atoms with Gasteiger partial charge in [0.15, 0.2) is 5.82 Å². The Morgan fingerprint density at radius 1 is 1.00 bits per heavy atom. The smallest absolute Gasteiger partial charge is 0.382 e. The van der Waals surface area contributed by atoms with Crippen LogP contribution in [0.5, 0.6) is 0 Å². The maximum absolute atomic E-state index is 14.0. The van der Waals surface area contributed by atoms with Crippen LogP contribution in [0, 0.1) is 5.82 Å². The van der Waals surface area contributed by atoms with E-state index >= 15 is 0 Å². The summed E-state index contributed by atoms with van der Waals surface area (Å²) in [6.45, 7) is -1.22. The number of rotatable bonds is 3. The molecule has 2 N–H and O–H groups in total. The van der Waals surface area contributed by atoms with Crippen LogP contribution in [0.15, 0.2) is 37.1 Å². The lowest BCUT2D eigenvalue weighted by Gasteiger charge is -2.06. The molecule has 3 aromatic heterocycles. The molecule has 0 aliphatic heterocycles. The molecule has 0 aliphatic rings. The fraction of sp³-hybridized carbons (Fsp3) is 0.143. The molecule has 0 fully saturated rings. The highest BCUT2D eigenvalue weighted by Crippen LogP contribution is 2.26. The van der Waals surface area contributed by atoms with Crippen LogP contribution in [-0.4, -0.2) is 30.9 Å². The molecule has 10 heteroatoms. The van der Waals surface area contributed by atoms with E-state index in [0.29, 0.717) is 5.56 Å². The summed E-state index contributed by atoms with van der Waals surface area (Å²) >= 11 is 0. The monoisotopic (exact) mass is 338 g/mol. The van der Waals surface area contributed by atoms with Crippen molar-refractivity contribution in [3.63, 3.8) is 0 Å². The standard InChI is InChI=1S/C14H10F4N6/c15-10-3-20-11(1-9(10)12-4-22-13(19)5-21-12)8-2-23-24(6-8)7-14(16,17)18/h1-6H,7H2,(H2,19,22). The summed E-state index contributed by atoms with van der Waals surface area (Å²) in [5.74, 6) is -0.456. The molecule has 0 aliphatic carbocycles. The van der Waals surface area contributed by atoms with E-state index < -0.39 is 18.5 Å². The minimum atomic E-state index is -4.38. The third kappa shape index (κ3) is 3.47. The van der Waals surface area contributed by atoms with Crippen LogP contribution in [0.4, 0.5) is 23.4 Å². The van der Waals surface area contributed by atoms with Gasteiger partial charge in [0.1, 0.15) is 12.4 Å². The molecule has 0 atom stereocenters. The van der Waals surface area contributed by atoms with Crippen LogP contribution in [0.1, 0.15) is 0 Å². The van der Waals surface area contributed by atoms with E-state index in [2.05, 4.69) is 20.1 Å². The van der Waals surface area contributed by atoms with E-state index in [1.54, 1.807) is 0 Å². The molecular formula is C14H10F4N6. The van der Waals surface area contributed by atoms with Crippen molar-refractivity contribution < 1.29 is 17.6 Å². The highest BCUT2D eigenvalue weighted by atomic mass is 19.4. The number of alkyl halides is 3. The fourth-order valence-corrected chi connectivity index (χ4v) is 2.04. The number of hydrogen-bond donors (Lipinski definition) is 1. The molecule has 0 aromatic carbocycles. The van der Waals surface area contributed by atoms with Gasteiger partial charge in [-0.3, -0.25) is 14.6 Å².